The van der Waals surface area contributed by atoms with E-state index in [9.17, 15) is 0 Å². The SMILES string of the molecule is CC(C)NCc1ccc(Cl)nn1.Cl. The van der Waals surface area contributed by atoms with E-state index in [0.717, 1.165) is 12.2 Å². The van der Waals surface area contributed by atoms with Crippen LogP contribution in [0.15, 0.2) is 12.1 Å². The molecule has 0 amide bonds. The van der Waals surface area contributed by atoms with Gasteiger partial charge in [-0.3, -0.25) is 0 Å². The van der Waals surface area contributed by atoms with Crippen LogP contribution in [-0.2, 0) is 6.54 Å². The van der Waals surface area contributed by atoms with Crippen molar-refractivity contribution in [2.24, 2.45) is 0 Å². The Labute approximate surface area is 89.3 Å². The number of hydrogen-bond acceptors (Lipinski definition) is 3. The third kappa shape index (κ3) is 5.03. The second-order valence-corrected chi connectivity index (χ2v) is 3.27. The highest BCUT2D eigenvalue weighted by Crippen LogP contribution is 2.01. The summed E-state index contributed by atoms with van der Waals surface area (Å²) in [5.74, 6) is 0. The summed E-state index contributed by atoms with van der Waals surface area (Å²) in [7, 11) is 0. The average Bonchev–Trinajstić information content (AvgIpc) is 2.03. The van der Waals surface area contributed by atoms with Crippen LogP contribution in [0, 0.1) is 0 Å². The maximum absolute atomic E-state index is 5.58. The highest BCUT2D eigenvalue weighted by molar-refractivity contribution is 6.29. The molecule has 1 heterocycles. The minimum Gasteiger partial charge on any atom is -0.309 e. The number of nitrogens with zero attached hydrogens (tertiary/aromatic N) is 2. The van der Waals surface area contributed by atoms with Crippen LogP contribution in [-0.4, -0.2) is 16.2 Å². The fourth-order valence-corrected chi connectivity index (χ4v) is 0.847. The van der Waals surface area contributed by atoms with Gasteiger partial charge in [0.15, 0.2) is 5.15 Å². The van der Waals surface area contributed by atoms with Crippen LogP contribution in [0.25, 0.3) is 0 Å². The molecule has 0 bridgehead atoms. The Morgan fingerprint density at radius 2 is 2.08 bits per heavy atom. The molecule has 1 aromatic rings. The van der Waals surface area contributed by atoms with E-state index in [1.165, 1.54) is 0 Å². The lowest BCUT2D eigenvalue weighted by Crippen LogP contribution is -2.22. The van der Waals surface area contributed by atoms with E-state index in [0.29, 0.717) is 11.2 Å². The summed E-state index contributed by atoms with van der Waals surface area (Å²) < 4.78 is 0. The minimum absolute atomic E-state index is 0. The lowest BCUT2D eigenvalue weighted by Gasteiger charge is -2.05. The van der Waals surface area contributed by atoms with Crippen LogP contribution in [0.3, 0.4) is 0 Å². The highest BCUT2D eigenvalue weighted by Gasteiger charge is 1.96. The van der Waals surface area contributed by atoms with Crippen LogP contribution in [0.5, 0.6) is 0 Å². The maximum Gasteiger partial charge on any atom is 0.151 e. The zero-order chi connectivity index (χ0) is 8.97. The molecule has 0 aliphatic heterocycles. The minimum atomic E-state index is 0. The van der Waals surface area contributed by atoms with Gasteiger partial charge < -0.3 is 5.32 Å². The van der Waals surface area contributed by atoms with Gasteiger partial charge in [-0.15, -0.1) is 17.5 Å². The van der Waals surface area contributed by atoms with Crippen molar-refractivity contribution in [3.8, 4) is 0 Å². The summed E-state index contributed by atoms with van der Waals surface area (Å²) >= 11 is 5.58. The molecule has 0 spiro atoms. The fraction of sp³-hybridized carbons (Fsp3) is 0.500. The third-order valence-electron chi connectivity index (χ3n) is 1.38. The van der Waals surface area contributed by atoms with E-state index in [4.69, 9.17) is 11.6 Å². The number of aromatic nitrogens is 2. The van der Waals surface area contributed by atoms with Gasteiger partial charge in [-0.1, -0.05) is 25.4 Å². The molecule has 5 heteroatoms. The Bertz CT molecular complexity index is 236. The van der Waals surface area contributed by atoms with Gasteiger partial charge in [-0.2, -0.15) is 5.10 Å². The van der Waals surface area contributed by atoms with Gasteiger partial charge in [-0.25, -0.2) is 0 Å². The third-order valence-corrected chi connectivity index (χ3v) is 1.58. The lowest BCUT2D eigenvalue weighted by molar-refractivity contribution is 0.577. The van der Waals surface area contributed by atoms with Gasteiger partial charge in [0.2, 0.25) is 0 Å². The van der Waals surface area contributed by atoms with Crippen molar-refractivity contribution in [3.63, 3.8) is 0 Å². The molecule has 0 unspecified atom stereocenters. The van der Waals surface area contributed by atoms with E-state index >= 15 is 0 Å². The van der Waals surface area contributed by atoms with Crippen LogP contribution in [0.1, 0.15) is 19.5 Å². The van der Waals surface area contributed by atoms with Gasteiger partial charge in [0.05, 0.1) is 5.69 Å². The van der Waals surface area contributed by atoms with Crippen molar-refractivity contribution in [1.82, 2.24) is 15.5 Å². The van der Waals surface area contributed by atoms with E-state index in [1.807, 2.05) is 6.07 Å². The number of hydrogen-bond donors (Lipinski definition) is 1. The van der Waals surface area contributed by atoms with Crippen molar-refractivity contribution in [2.45, 2.75) is 26.4 Å². The molecule has 1 aromatic heterocycles. The van der Waals surface area contributed by atoms with Crippen molar-refractivity contribution < 1.29 is 0 Å². The Hall–Kier alpha value is -0.380. The molecule has 74 valence electrons. The summed E-state index contributed by atoms with van der Waals surface area (Å²) in [5, 5.41) is 11.3. The second kappa shape index (κ2) is 6.13. The van der Waals surface area contributed by atoms with Gasteiger partial charge in [0, 0.05) is 12.6 Å². The molecule has 1 N–H and O–H groups in total. The fourth-order valence-electron chi connectivity index (χ4n) is 0.747. The Kier molecular flexibility index (Phi) is 5.95. The predicted molar refractivity (Wildman–Crippen MR) is 56.3 cm³/mol. The standard InChI is InChI=1S/C8H12ClN3.ClH/c1-6(2)10-5-7-3-4-8(9)12-11-7;/h3-4,6,10H,5H2,1-2H3;1H. The molecule has 0 aromatic carbocycles. The summed E-state index contributed by atoms with van der Waals surface area (Å²) in [6.45, 7) is 4.91. The van der Waals surface area contributed by atoms with Crippen molar-refractivity contribution in [1.29, 1.82) is 0 Å². The zero-order valence-corrected chi connectivity index (χ0v) is 9.19. The maximum atomic E-state index is 5.58. The Balaban J connectivity index is 0.00000144. The molecule has 0 aliphatic rings. The molecule has 0 saturated carbocycles. The van der Waals surface area contributed by atoms with Gasteiger partial charge >= 0.3 is 0 Å². The first-order chi connectivity index (χ1) is 5.68. The number of rotatable bonds is 3. The Morgan fingerprint density at radius 3 is 2.54 bits per heavy atom. The predicted octanol–water partition coefficient (Wildman–Crippen LogP) is 2.05. The first-order valence-electron chi connectivity index (χ1n) is 3.90. The number of nitrogens with one attached hydrogen (secondary N) is 1. The van der Waals surface area contributed by atoms with Crippen molar-refractivity contribution in [2.75, 3.05) is 0 Å². The smallest absolute Gasteiger partial charge is 0.151 e. The summed E-state index contributed by atoms with van der Waals surface area (Å²) in [6, 6.07) is 4.07. The highest BCUT2D eigenvalue weighted by atomic mass is 35.5. The second-order valence-electron chi connectivity index (χ2n) is 2.88. The normalized spacial score (nSPS) is 9.85. The Morgan fingerprint density at radius 1 is 1.38 bits per heavy atom. The molecule has 3 nitrogen and oxygen atoms in total. The first-order valence-corrected chi connectivity index (χ1v) is 4.28. The van der Waals surface area contributed by atoms with Crippen molar-refractivity contribution in [3.05, 3.63) is 23.0 Å². The van der Waals surface area contributed by atoms with Gasteiger partial charge in [0.25, 0.3) is 0 Å². The molecule has 0 radical (unpaired) electrons. The molecule has 1 rings (SSSR count). The molecular weight excluding hydrogens is 209 g/mol. The molecular formula is C8H13Cl2N3. The van der Waals surface area contributed by atoms with Crippen LogP contribution in [0.2, 0.25) is 5.15 Å². The van der Waals surface area contributed by atoms with Crippen LogP contribution < -0.4 is 5.32 Å². The topological polar surface area (TPSA) is 37.8 Å². The molecule has 0 saturated heterocycles. The molecule has 0 aliphatic carbocycles. The van der Waals surface area contributed by atoms with E-state index in [1.54, 1.807) is 6.07 Å². The van der Waals surface area contributed by atoms with Crippen LogP contribution in [0.4, 0.5) is 0 Å². The van der Waals surface area contributed by atoms with E-state index in [-0.39, 0.29) is 12.4 Å². The van der Waals surface area contributed by atoms with E-state index in [2.05, 4.69) is 29.4 Å². The molecule has 0 fully saturated rings. The van der Waals surface area contributed by atoms with Gasteiger partial charge in [-0.05, 0) is 12.1 Å². The monoisotopic (exact) mass is 221 g/mol. The lowest BCUT2D eigenvalue weighted by atomic mass is 10.3. The summed E-state index contributed by atoms with van der Waals surface area (Å²) in [5.41, 5.74) is 0.910. The quantitative estimate of drug-likeness (QED) is 0.850. The molecule has 0 atom stereocenters. The summed E-state index contributed by atoms with van der Waals surface area (Å²) in [6.07, 6.45) is 0. The van der Waals surface area contributed by atoms with Crippen molar-refractivity contribution >= 4 is 24.0 Å². The number of halogens is 2. The zero-order valence-electron chi connectivity index (χ0n) is 7.62. The molecule has 13 heavy (non-hydrogen) atoms. The van der Waals surface area contributed by atoms with Gasteiger partial charge in [0.1, 0.15) is 0 Å². The average molecular weight is 222 g/mol. The van der Waals surface area contributed by atoms with E-state index < -0.39 is 0 Å². The largest absolute Gasteiger partial charge is 0.309 e. The summed E-state index contributed by atoms with van der Waals surface area (Å²) in [4.78, 5) is 0. The first kappa shape index (κ1) is 12.6. The van der Waals surface area contributed by atoms with Crippen LogP contribution >= 0.6 is 24.0 Å².